The van der Waals surface area contributed by atoms with Gasteiger partial charge in [0, 0.05) is 19.8 Å². The molecule has 13 heavy (non-hydrogen) atoms. The van der Waals surface area contributed by atoms with Gasteiger partial charge < -0.3 is 13.3 Å². The fraction of sp³-hybridized carbons (Fsp3) is 0.778. The Bertz CT molecular complexity index is 153. The van der Waals surface area contributed by atoms with Gasteiger partial charge in [0.2, 0.25) is 0 Å². The molecule has 0 rings (SSSR count). The SMILES string of the molecule is C=C(C)CO[Si](C)(OCC)OCC. The highest BCUT2D eigenvalue weighted by molar-refractivity contribution is 6.59. The summed E-state index contributed by atoms with van der Waals surface area (Å²) in [6, 6.07) is 0. The molecule has 0 heterocycles. The summed E-state index contributed by atoms with van der Waals surface area (Å²) in [5, 5.41) is 0. The van der Waals surface area contributed by atoms with Crippen molar-refractivity contribution in [3.63, 3.8) is 0 Å². The predicted octanol–water partition coefficient (Wildman–Crippen LogP) is 2.22. The molecule has 0 unspecified atom stereocenters. The van der Waals surface area contributed by atoms with Crippen molar-refractivity contribution in [3.05, 3.63) is 12.2 Å². The maximum atomic E-state index is 5.57. The van der Waals surface area contributed by atoms with E-state index in [1.165, 1.54) is 0 Å². The van der Waals surface area contributed by atoms with E-state index in [0.717, 1.165) is 5.57 Å². The van der Waals surface area contributed by atoms with Crippen molar-refractivity contribution in [1.82, 2.24) is 0 Å². The summed E-state index contributed by atoms with van der Waals surface area (Å²) in [7, 11) is -2.37. The lowest BCUT2D eigenvalue weighted by Crippen LogP contribution is -2.42. The lowest BCUT2D eigenvalue weighted by molar-refractivity contribution is 0.0812. The van der Waals surface area contributed by atoms with E-state index in [9.17, 15) is 0 Å². The van der Waals surface area contributed by atoms with Gasteiger partial charge in [0.25, 0.3) is 0 Å². The van der Waals surface area contributed by atoms with Crippen molar-refractivity contribution in [2.45, 2.75) is 27.3 Å². The van der Waals surface area contributed by atoms with Crippen LogP contribution in [0.3, 0.4) is 0 Å². The molecule has 0 spiro atoms. The standard InChI is InChI=1S/C9H20O3Si/c1-6-10-13(5,11-7-2)12-8-9(3)4/h3,6-8H2,1-2,4-5H3. The average molecular weight is 204 g/mol. The Labute approximate surface area is 82.1 Å². The molecule has 0 aromatic carbocycles. The van der Waals surface area contributed by atoms with Crippen LogP contribution in [0.5, 0.6) is 0 Å². The van der Waals surface area contributed by atoms with E-state index in [4.69, 9.17) is 13.3 Å². The van der Waals surface area contributed by atoms with Crippen LogP contribution in [-0.4, -0.2) is 28.6 Å². The molecule has 0 aliphatic carbocycles. The summed E-state index contributed by atoms with van der Waals surface area (Å²) >= 11 is 0. The number of rotatable bonds is 7. The average Bonchev–Trinajstić information content (AvgIpc) is 2.02. The van der Waals surface area contributed by atoms with Gasteiger partial charge in [-0.05, 0) is 20.8 Å². The molecule has 0 fully saturated rings. The van der Waals surface area contributed by atoms with Crippen LogP contribution >= 0.6 is 0 Å². The van der Waals surface area contributed by atoms with Crippen LogP contribution in [0.2, 0.25) is 6.55 Å². The van der Waals surface area contributed by atoms with Gasteiger partial charge in [-0.25, -0.2) is 0 Å². The molecule has 0 N–H and O–H groups in total. The monoisotopic (exact) mass is 204 g/mol. The van der Waals surface area contributed by atoms with Crippen molar-refractivity contribution >= 4 is 8.80 Å². The first kappa shape index (κ1) is 12.8. The molecule has 0 radical (unpaired) electrons. The highest BCUT2D eigenvalue weighted by Gasteiger charge is 2.33. The van der Waals surface area contributed by atoms with E-state index in [-0.39, 0.29) is 0 Å². The van der Waals surface area contributed by atoms with E-state index in [0.29, 0.717) is 19.8 Å². The minimum Gasteiger partial charge on any atom is -0.374 e. The van der Waals surface area contributed by atoms with Gasteiger partial charge >= 0.3 is 8.80 Å². The summed E-state index contributed by atoms with van der Waals surface area (Å²) in [5.74, 6) is 0. The Kier molecular flexibility index (Phi) is 6.24. The fourth-order valence-electron chi connectivity index (χ4n) is 0.904. The molecule has 0 bridgehead atoms. The number of hydrogen-bond acceptors (Lipinski definition) is 3. The molecular weight excluding hydrogens is 184 g/mol. The topological polar surface area (TPSA) is 27.7 Å². The highest BCUT2D eigenvalue weighted by Crippen LogP contribution is 2.10. The Morgan fingerprint density at radius 1 is 1.15 bits per heavy atom. The van der Waals surface area contributed by atoms with Gasteiger partial charge in [-0.15, -0.1) is 0 Å². The Balaban J connectivity index is 3.98. The first-order valence-electron chi connectivity index (χ1n) is 4.60. The third kappa shape index (κ3) is 5.98. The van der Waals surface area contributed by atoms with E-state index >= 15 is 0 Å². The first-order chi connectivity index (χ1) is 6.04. The summed E-state index contributed by atoms with van der Waals surface area (Å²) in [6.07, 6.45) is 0. The third-order valence-electron chi connectivity index (χ3n) is 1.39. The molecule has 0 aromatic rings. The largest absolute Gasteiger partial charge is 0.497 e. The summed E-state index contributed by atoms with van der Waals surface area (Å²) in [6.45, 7) is 13.2. The van der Waals surface area contributed by atoms with Gasteiger partial charge in [-0.2, -0.15) is 0 Å². The van der Waals surface area contributed by atoms with Crippen LogP contribution in [0.25, 0.3) is 0 Å². The summed E-state index contributed by atoms with van der Waals surface area (Å²) < 4.78 is 16.5. The third-order valence-corrected chi connectivity index (χ3v) is 3.69. The molecule has 0 aromatic heterocycles. The Morgan fingerprint density at radius 2 is 1.62 bits per heavy atom. The molecule has 0 aliphatic heterocycles. The zero-order valence-electron chi connectivity index (χ0n) is 9.05. The molecule has 4 heteroatoms. The van der Waals surface area contributed by atoms with E-state index in [1.54, 1.807) is 0 Å². The van der Waals surface area contributed by atoms with Gasteiger partial charge in [-0.1, -0.05) is 12.2 Å². The zero-order chi connectivity index (χ0) is 10.3. The van der Waals surface area contributed by atoms with E-state index in [2.05, 4.69) is 6.58 Å². The van der Waals surface area contributed by atoms with Crippen LogP contribution < -0.4 is 0 Å². The normalized spacial score (nSPS) is 11.7. The van der Waals surface area contributed by atoms with Crippen molar-refractivity contribution in [1.29, 1.82) is 0 Å². The second-order valence-corrected chi connectivity index (χ2v) is 5.56. The molecule has 3 nitrogen and oxygen atoms in total. The highest BCUT2D eigenvalue weighted by atomic mass is 28.4. The van der Waals surface area contributed by atoms with Crippen LogP contribution in [0.4, 0.5) is 0 Å². The molecule has 78 valence electrons. The van der Waals surface area contributed by atoms with Crippen molar-refractivity contribution in [3.8, 4) is 0 Å². The summed E-state index contributed by atoms with van der Waals surface area (Å²) in [5.41, 5.74) is 0.984. The Morgan fingerprint density at radius 3 is 1.92 bits per heavy atom. The van der Waals surface area contributed by atoms with Gasteiger partial charge in [0.1, 0.15) is 0 Å². The molecule has 0 atom stereocenters. The predicted molar refractivity (Wildman–Crippen MR) is 55.6 cm³/mol. The van der Waals surface area contributed by atoms with Crippen molar-refractivity contribution in [2.24, 2.45) is 0 Å². The lowest BCUT2D eigenvalue weighted by Gasteiger charge is -2.24. The second kappa shape index (κ2) is 6.31. The number of hydrogen-bond donors (Lipinski definition) is 0. The maximum absolute atomic E-state index is 5.57. The van der Waals surface area contributed by atoms with Crippen molar-refractivity contribution < 1.29 is 13.3 Å². The van der Waals surface area contributed by atoms with E-state index < -0.39 is 8.80 Å². The minimum absolute atomic E-state index is 0.517. The lowest BCUT2D eigenvalue weighted by atomic mass is 10.4. The molecule has 0 saturated carbocycles. The second-order valence-electron chi connectivity index (χ2n) is 2.97. The maximum Gasteiger partial charge on any atom is 0.497 e. The van der Waals surface area contributed by atoms with Gasteiger partial charge in [-0.3, -0.25) is 0 Å². The smallest absolute Gasteiger partial charge is 0.374 e. The molecule has 0 saturated heterocycles. The quantitative estimate of drug-likeness (QED) is 0.470. The molecule has 0 amide bonds. The molecular formula is C9H20O3Si. The van der Waals surface area contributed by atoms with E-state index in [1.807, 2.05) is 27.3 Å². The van der Waals surface area contributed by atoms with Crippen LogP contribution in [0.15, 0.2) is 12.2 Å². The van der Waals surface area contributed by atoms with Crippen molar-refractivity contribution in [2.75, 3.05) is 19.8 Å². The first-order valence-corrected chi connectivity index (χ1v) is 6.82. The van der Waals surface area contributed by atoms with Gasteiger partial charge in [0.05, 0.1) is 6.61 Å². The van der Waals surface area contributed by atoms with Crippen LogP contribution in [0.1, 0.15) is 20.8 Å². The van der Waals surface area contributed by atoms with Gasteiger partial charge in [0.15, 0.2) is 0 Å². The fourth-order valence-corrected chi connectivity index (χ4v) is 2.71. The minimum atomic E-state index is -2.37. The van der Waals surface area contributed by atoms with Crippen LogP contribution in [0, 0.1) is 0 Å². The summed E-state index contributed by atoms with van der Waals surface area (Å²) in [4.78, 5) is 0. The Hall–Kier alpha value is -0.163. The van der Waals surface area contributed by atoms with Crippen LogP contribution in [-0.2, 0) is 13.3 Å². The zero-order valence-corrected chi connectivity index (χ0v) is 10.1. The molecule has 0 aliphatic rings.